The third kappa shape index (κ3) is 2.92. The van der Waals surface area contributed by atoms with Crippen LogP contribution in [0.4, 0.5) is 0 Å². The first kappa shape index (κ1) is 13.5. The molecule has 2 rings (SSSR count). The van der Waals surface area contributed by atoms with Gasteiger partial charge in [-0.05, 0) is 12.8 Å². The molecule has 0 aromatic heterocycles. The lowest BCUT2D eigenvalue weighted by Crippen LogP contribution is -2.02. The minimum atomic E-state index is 0.227. The normalized spacial score (nSPS) is 10.6. The summed E-state index contributed by atoms with van der Waals surface area (Å²) < 4.78 is 11.5. The van der Waals surface area contributed by atoms with Crippen molar-refractivity contribution in [3.05, 3.63) is 30.3 Å². The highest BCUT2D eigenvalue weighted by Crippen LogP contribution is 2.41. The largest absolute Gasteiger partial charge is 0.507 e. The summed E-state index contributed by atoms with van der Waals surface area (Å²) in [6, 6.07) is 9.30. The minimum absolute atomic E-state index is 0.227. The number of fused-ring (bicyclic) bond motifs is 1. The van der Waals surface area contributed by atoms with Crippen molar-refractivity contribution in [1.82, 2.24) is 0 Å². The van der Waals surface area contributed by atoms with Crippen molar-refractivity contribution in [2.75, 3.05) is 13.2 Å². The Morgan fingerprint density at radius 3 is 2.26 bits per heavy atom. The van der Waals surface area contributed by atoms with E-state index in [9.17, 15) is 5.11 Å². The molecule has 0 radical (unpaired) electrons. The zero-order chi connectivity index (χ0) is 13.7. The average molecular weight is 260 g/mol. The Balaban J connectivity index is 2.51. The van der Waals surface area contributed by atoms with Gasteiger partial charge in [-0.3, -0.25) is 0 Å². The quantitative estimate of drug-likeness (QED) is 0.849. The first-order valence-electron chi connectivity index (χ1n) is 6.78. The first-order valence-corrected chi connectivity index (χ1v) is 6.78. The van der Waals surface area contributed by atoms with E-state index < -0.39 is 0 Å². The summed E-state index contributed by atoms with van der Waals surface area (Å²) in [5, 5.41) is 11.7. The summed E-state index contributed by atoms with van der Waals surface area (Å²) in [7, 11) is 0. The van der Waals surface area contributed by atoms with Gasteiger partial charge >= 0.3 is 0 Å². The highest BCUT2D eigenvalue weighted by molar-refractivity contribution is 5.95. The first-order chi connectivity index (χ1) is 9.27. The van der Waals surface area contributed by atoms with Crippen molar-refractivity contribution in [2.24, 2.45) is 0 Å². The van der Waals surface area contributed by atoms with Gasteiger partial charge in [-0.2, -0.15) is 0 Å². The van der Waals surface area contributed by atoms with Crippen molar-refractivity contribution in [2.45, 2.75) is 26.7 Å². The predicted octanol–water partition coefficient (Wildman–Crippen LogP) is 4.12. The number of phenols is 1. The number of hydrogen-bond acceptors (Lipinski definition) is 3. The van der Waals surface area contributed by atoms with Crippen LogP contribution in [0.2, 0.25) is 0 Å². The number of phenolic OH excluding ortho intramolecular Hbond substituents is 1. The van der Waals surface area contributed by atoms with Crippen LogP contribution in [-0.4, -0.2) is 18.3 Å². The molecule has 0 spiro atoms. The molecule has 2 aromatic rings. The Morgan fingerprint density at radius 1 is 0.947 bits per heavy atom. The van der Waals surface area contributed by atoms with Gasteiger partial charge in [-0.25, -0.2) is 0 Å². The maximum atomic E-state index is 10.1. The predicted molar refractivity (Wildman–Crippen MR) is 77.2 cm³/mol. The number of rotatable bonds is 6. The molecule has 0 aliphatic heterocycles. The van der Waals surface area contributed by atoms with Gasteiger partial charge in [-0.15, -0.1) is 0 Å². The zero-order valence-corrected chi connectivity index (χ0v) is 11.5. The van der Waals surface area contributed by atoms with E-state index >= 15 is 0 Å². The number of hydrogen-bond donors (Lipinski definition) is 1. The van der Waals surface area contributed by atoms with Gasteiger partial charge in [0.05, 0.1) is 13.2 Å². The van der Waals surface area contributed by atoms with Crippen LogP contribution in [0, 0.1) is 0 Å². The molecule has 0 saturated heterocycles. The lowest BCUT2D eigenvalue weighted by molar-refractivity contribution is 0.270. The van der Waals surface area contributed by atoms with Crippen LogP contribution in [-0.2, 0) is 0 Å². The topological polar surface area (TPSA) is 38.7 Å². The fourth-order valence-corrected chi connectivity index (χ4v) is 1.98. The molecule has 0 unspecified atom stereocenters. The van der Waals surface area contributed by atoms with Crippen molar-refractivity contribution < 1.29 is 14.6 Å². The van der Waals surface area contributed by atoms with E-state index in [0.29, 0.717) is 19.0 Å². The van der Waals surface area contributed by atoms with Gasteiger partial charge in [-0.1, -0.05) is 38.1 Å². The van der Waals surface area contributed by atoms with E-state index in [2.05, 4.69) is 6.92 Å². The second-order valence-corrected chi connectivity index (χ2v) is 4.47. The highest BCUT2D eigenvalue weighted by Gasteiger charge is 2.13. The van der Waals surface area contributed by atoms with Gasteiger partial charge in [0.25, 0.3) is 0 Å². The van der Waals surface area contributed by atoms with E-state index in [1.54, 1.807) is 6.07 Å². The van der Waals surface area contributed by atoms with E-state index in [0.717, 1.165) is 29.4 Å². The molecule has 0 aliphatic carbocycles. The molecule has 102 valence electrons. The summed E-state index contributed by atoms with van der Waals surface area (Å²) in [5.74, 6) is 1.57. The minimum Gasteiger partial charge on any atom is -0.507 e. The molecule has 3 heteroatoms. The maximum Gasteiger partial charge on any atom is 0.169 e. The SMILES string of the molecule is CCCOc1cc(O)c2ccccc2c1OCCC. The Bertz CT molecular complexity index is 549. The van der Waals surface area contributed by atoms with E-state index in [1.165, 1.54) is 0 Å². The van der Waals surface area contributed by atoms with Crippen molar-refractivity contribution in [3.8, 4) is 17.2 Å². The number of aromatic hydroxyl groups is 1. The maximum absolute atomic E-state index is 10.1. The molecule has 0 amide bonds. The number of benzene rings is 2. The van der Waals surface area contributed by atoms with Crippen LogP contribution in [0.1, 0.15) is 26.7 Å². The van der Waals surface area contributed by atoms with Gasteiger partial charge < -0.3 is 14.6 Å². The lowest BCUT2D eigenvalue weighted by Gasteiger charge is -2.15. The average Bonchev–Trinajstić information content (AvgIpc) is 2.44. The Morgan fingerprint density at radius 2 is 1.58 bits per heavy atom. The second-order valence-electron chi connectivity index (χ2n) is 4.47. The van der Waals surface area contributed by atoms with Crippen LogP contribution < -0.4 is 9.47 Å². The number of ether oxygens (including phenoxy) is 2. The summed E-state index contributed by atoms with van der Waals surface area (Å²) in [5.41, 5.74) is 0. The van der Waals surface area contributed by atoms with Crippen LogP contribution in [0.3, 0.4) is 0 Å². The van der Waals surface area contributed by atoms with Crippen LogP contribution in [0.5, 0.6) is 17.2 Å². The van der Waals surface area contributed by atoms with Crippen LogP contribution in [0.15, 0.2) is 30.3 Å². The molecule has 0 aliphatic rings. The van der Waals surface area contributed by atoms with Crippen molar-refractivity contribution >= 4 is 10.8 Å². The molecule has 19 heavy (non-hydrogen) atoms. The van der Waals surface area contributed by atoms with Gasteiger partial charge in [0.15, 0.2) is 11.5 Å². The Kier molecular flexibility index (Phi) is 4.50. The van der Waals surface area contributed by atoms with Gasteiger partial charge in [0.1, 0.15) is 5.75 Å². The summed E-state index contributed by atoms with van der Waals surface area (Å²) in [4.78, 5) is 0. The molecule has 1 N–H and O–H groups in total. The van der Waals surface area contributed by atoms with Crippen LogP contribution >= 0.6 is 0 Å². The molecule has 0 fully saturated rings. The molecular weight excluding hydrogens is 240 g/mol. The molecule has 0 bridgehead atoms. The lowest BCUT2D eigenvalue weighted by atomic mass is 10.1. The van der Waals surface area contributed by atoms with E-state index in [4.69, 9.17) is 9.47 Å². The van der Waals surface area contributed by atoms with Gasteiger partial charge in [0, 0.05) is 16.8 Å². The van der Waals surface area contributed by atoms with Crippen molar-refractivity contribution in [1.29, 1.82) is 0 Å². The van der Waals surface area contributed by atoms with E-state index in [1.807, 2.05) is 31.2 Å². The third-order valence-electron chi connectivity index (χ3n) is 2.85. The van der Waals surface area contributed by atoms with E-state index in [-0.39, 0.29) is 5.75 Å². The monoisotopic (exact) mass is 260 g/mol. The summed E-state index contributed by atoms with van der Waals surface area (Å²) in [6.45, 7) is 5.36. The Hall–Kier alpha value is -1.90. The zero-order valence-electron chi connectivity index (χ0n) is 11.5. The molecule has 0 atom stereocenters. The summed E-state index contributed by atoms with van der Waals surface area (Å²) >= 11 is 0. The second kappa shape index (κ2) is 6.32. The smallest absolute Gasteiger partial charge is 0.169 e. The molecule has 3 nitrogen and oxygen atoms in total. The Labute approximate surface area is 113 Å². The van der Waals surface area contributed by atoms with Gasteiger partial charge in [0.2, 0.25) is 0 Å². The van der Waals surface area contributed by atoms with Crippen molar-refractivity contribution in [3.63, 3.8) is 0 Å². The fourth-order valence-electron chi connectivity index (χ4n) is 1.98. The molecule has 0 heterocycles. The highest BCUT2D eigenvalue weighted by atomic mass is 16.5. The molecule has 0 saturated carbocycles. The van der Waals surface area contributed by atoms with Crippen LogP contribution in [0.25, 0.3) is 10.8 Å². The fraction of sp³-hybridized carbons (Fsp3) is 0.375. The molecular formula is C16H20O3. The summed E-state index contributed by atoms with van der Waals surface area (Å²) in [6.07, 6.45) is 1.85. The third-order valence-corrected chi connectivity index (χ3v) is 2.85. The molecule has 2 aromatic carbocycles. The standard InChI is InChI=1S/C16H20O3/c1-3-9-18-15-11-14(17)12-7-5-6-8-13(12)16(15)19-10-4-2/h5-8,11,17H,3-4,9-10H2,1-2H3.